The number of carboxylic acids is 1. The Morgan fingerprint density at radius 2 is 2.17 bits per heavy atom. The zero-order chi connectivity index (χ0) is 13.5. The van der Waals surface area contributed by atoms with Crippen LogP contribution in [-0.4, -0.2) is 42.4 Å². The molecule has 0 aromatic carbocycles. The molecule has 6 nitrogen and oxygen atoms in total. The highest BCUT2D eigenvalue weighted by molar-refractivity contribution is 5.82. The molecule has 0 saturated carbocycles. The van der Waals surface area contributed by atoms with Gasteiger partial charge in [-0.25, -0.2) is 9.59 Å². The van der Waals surface area contributed by atoms with Crippen molar-refractivity contribution in [2.24, 2.45) is 5.92 Å². The summed E-state index contributed by atoms with van der Waals surface area (Å²) < 4.78 is 5.36. The van der Waals surface area contributed by atoms with Crippen LogP contribution in [0, 0.1) is 5.92 Å². The van der Waals surface area contributed by atoms with E-state index in [1.807, 2.05) is 13.8 Å². The lowest BCUT2D eigenvalue weighted by atomic mass is 10.0. The zero-order valence-electron chi connectivity index (χ0n) is 10.9. The van der Waals surface area contributed by atoms with Gasteiger partial charge in [-0.05, 0) is 25.2 Å². The maximum atomic E-state index is 11.6. The van der Waals surface area contributed by atoms with Crippen molar-refractivity contribution in [2.45, 2.75) is 45.3 Å². The number of nitrogens with one attached hydrogen (secondary N) is 2. The summed E-state index contributed by atoms with van der Waals surface area (Å²) in [6.45, 7) is 5.00. The molecule has 2 atom stereocenters. The Hall–Kier alpha value is -1.30. The molecule has 0 bridgehead atoms. The minimum absolute atomic E-state index is 0.0594. The maximum absolute atomic E-state index is 11.6. The Kier molecular flexibility index (Phi) is 5.91. The average molecular weight is 258 g/mol. The Morgan fingerprint density at radius 3 is 2.67 bits per heavy atom. The lowest BCUT2D eigenvalue weighted by Crippen LogP contribution is -2.48. The quantitative estimate of drug-likeness (QED) is 0.662. The van der Waals surface area contributed by atoms with Gasteiger partial charge in [0, 0.05) is 13.2 Å². The summed E-state index contributed by atoms with van der Waals surface area (Å²) in [6.07, 6.45) is 2.43. The van der Waals surface area contributed by atoms with Crippen molar-refractivity contribution < 1.29 is 19.4 Å². The fraction of sp³-hybridized carbons (Fsp3) is 0.833. The summed E-state index contributed by atoms with van der Waals surface area (Å²) in [5, 5.41) is 14.1. The van der Waals surface area contributed by atoms with E-state index >= 15 is 0 Å². The van der Waals surface area contributed by atoms with Gasteiger partial charge in [-0.3, -0.25) is 0 Å². The summed E-state index contributed by atoms with van der Waals surface area (Å²) in [6, 6.07) is -1.28. The Labute approximate surface area is 107 Å². The predicted molar refractivity (Wildman–Crippen MR) is 66.4 cm³/mol. The van der Waals surface area contributed by atoms with Crippen molar-refractivity contribution in [3.05, 3.63) is 0 Å². The third-order valence-electron chi connectivity index (χ3n) is 2.82. The van der Waals surface area contributed by atoms with Gasteiger partial charge in [-0.2, -0.15) is 0 Å². The van der Waals surface area contributed by atoms with Crippen molar-refractivity contribution in [1.29, 1.82) is 0 Å². The minimum atomic E-state index is -1.00. The summed E-state index contributed by atoms with van der Waals surface area (Å²) in [4.78, 5) is 22.5. The number of ether oxygens (including phenoxy) is 1. The van der Waals surface area contributed by atoms with Crippen molar-refractivity contribution in [1.82, 2.24) is 10.6 Å². The number of carbonyl (C=O) groups excluding carboxylic acids is 1. The van der Waals surface area contributed by atoms with Gasteiger partial charge in [0.05, 0.1) is 6.10 Å². The molecule has 6 heteroatoms. The third-order valence-corrected chi connectivity index (χ3v) is 2.82. The number of amides is 2. The Bertz CT molecular complexity index is 288. The van der Waals surface area contributed by atoms with Gasteiger partial charge in [0.2, 0.25) is 0 Å². The summed E-state index contributed by atoms with van der Waals surface area (Å²) in [5.41, 5.74) is 0. The van der Waals surface area contributed by atoms with E-state index in [4.69, 9.17) is 9.84 Å². The van der Waals surface area contributed by atoms with E-state index in [0.717, 1.165) is 19.4 Å². The summed E-state index contributed by atoms with van der Waals surface area (Å²) in [5.74, 6) is -0.791. The van der Waals surface area contributed by atoms with Crippen LogP contribution in [0.5, 0.6) is 0 Å². The fourth-order valence-corrected chi connectivity index (χ4v) is 1.91. The number of aliphatic carboxylic acids is 1. The molecular weight excluding hydrogens is 236 g/mol. The van der Waals surface area contributed by atoms with E-state index in [2.05, 4.69) is 10.6 Å². The van der Waals surface area contributed by atoms with Gasteiger partial charge < -0.3 is 20.5 Å². The zero-order valence-corrected chi connectivity index (χ0v) is 10.9. The van der Waals surface area contributed by atoms with Gasteiger partial charge in [0.1, 0.15) is 6.04 Å². The first-order valence-corrected chi connectivity index (χ1v) is 6.37. The fourth-order valence-electron chi connectivity index (χ4n) is 1.91. The van der Waals surface area contributed by atoms with Crippen LogP contribution < -0.4 is 10.6 Å². The standard InChI is InChI=1S/C12H22N2O4/c1-8(2)6-10(11(15)16)14-12(17)13-7-9-4-3-5-18-9/h8-10H,3-7H2,1-2H3,(H,15,16)(H2,13,14,17)/t9?,10-/m0/s1. The second-order valence-electron chi connectivity index (χ2n) is 5.01. The van der Waals surface area contributed by atoms with Crippen LogP contribution in [0.25, 0.3) is 0 Å². The number of rotatable bonds is 6. The molecule has 1 rings (SSSR count). The van der Waals surface area contributed by atoms with E-state index in [1.54, 1.807) is 0 Å². The van der Waals surface area contributed by atoms with Gasteiger partial charge >= 0.3 is 12.0 Å². The van der Waals surface area contributed by atoms with Crippen molar-refractivity contribution in [3.63, 3.8) is 0 Å². The predicted octanol–water partition coefficient (Wildman–Crippen LogP) is 0.964. The molecule has 1 aliphatic heterocycles. The minimum Gasteiger partial charge on any atom is -0.480 e. The molecule has 1 aliphatic rings. The molecule has 3 N–H and O–H groups in total. The second-order valence-corrected chi connectivity index (χ2v) is 5.01. The Balaban J connectivity index is 2.29. The SMILES string of the molecule is CC(C)C[C@H](NC(=O)NCC1CCCO1)C(=O)O. The summed E-state index contributed by atoms with van der Waals surface area (Å²) >= 11 is 0. The van der Waals surface area contributed by atoms with E-state index < -0.39 is 18.0 Å². The van der Waals surface area contributed by atoms with Crippen LogP contribution in [0.15, 0.2) is 0 Å². The van der Waals surface area contributed by atoms with Gasteiger partial charge in [0.15, 0.2) is 0 Å². The van der Waals surface area contributed by atoms with Crippen molar-refractivity contribution in [2.75, 3.05) is 13.2 Å². The molecule has 0 aromatic heterocycles. The molecule has 104 valence electrons. The first-order chi connectivity index (χ1) is 8.49. The average Bonchev–Trinajstić information content (AvgIpc) is 2.77. The number of hydrogen-bond donors (Lipinski definition) is 3. The lowest BCUT2D eigenvalue weighted by Gasteiger charge is -2.18. The van der Waals surface area contributed by atoms with Gasteiger partial charge in [0.25, 0.3) is 0 Å². The number of hydrogen-bond acceptors (Lipinski definition) is 3. The molecule has 0 spiro atoms. The molecule has 0 radical (unpaired) electrons. The van der Waals surface area contributed by atoms with E-state index in [9.17, 15) is 9.59 Å². The van der Waals surface area contributed by atoms with Crippen LogP contribution in [0.4, 0.5) is 4.79 Å². The topological polar surface area (TPSA) is 87.7 Å². The van der Waals surface area contributed by atoms with Crippen molar-refractivity contribution >= 4 is 12.0 Å². The molecule has 0 aliphatic carbocycles. The van der Waals surface area contributed by atoms with Crippen LogP contribution >= 0.6 is 0 Å². The van der Waals surface area contributed by atoms with Crippen LogP contribution in [0.2, 0.25) is 0 Å². The first-order valence-electron chi connectivity index (χ1n) is 6.37. The second kappa shape index (κ2) is 7.20. The van der Waals surface area contributed by atoms with Gasteiger partial charge in [-0.1, -0.05) is 13.8 Å². The third kappa shape index (κ3) is 5.35. The number of carboxylic acid groups (broad SMARTS) is 1. The number of urea groups is 1. The molecule has 1 fully saturated rings. The van der Waals surface area contributed by atoms with Gasteiger partial charge in [-0.15, -0.1) is 0 Å². The largest absolute Gasteiger partial charge is 0.480 e. The van der Waals surface area contributed by atoms with Crippen LogP contribution in [0.1, 0.15) is 33.1 Å². The van der Waals surface area contributed by atoms with E-state index in [-0.39, 0.29) is 12.0 Å². The lowest BCUT2D eigenvalue weighted by molar-refractivity contribution is -0.139. The molecule has 2 amide bonds. The summed E-state index contributed by atoms with van der Waals surface area (Å²) in [7, 11) is 0. The highest BCUT2D eigenvalue weighted by Gasteiger charge is 2.22. The molecule has 1 unspecified atom stereocenters. The van der Waals surface area contributed by atoms with Crippen LogP contribution in [-0.2, 0) is 9.53 Å². The first kappa shape index (κ1) is 14.8. The smallest absolute Gasteiger partial charge is 0.326 e. The molecule has 1 heterocycles. The Morgan fingerprint density at radius 1 is 1.44 bits per heavy atom. The van der Waals surface area contributed by atoms with E-state index in [1.165, 1.54) is 0 Å². The highest BCUT2D eigenvalue weighted by Crippen LogP contribution is 2.10. The van der Waals surface area contributed by atoms with Crippen LogP contribution in [0.3, 0.4) is 0 Å². The highest BCUT2D eigenvalue weighted by atomic mass is 16.5. The molecule has 0 aromatic rings. The normalized spacial score (nSPS) is 20.7. The number of carbonyl (C=O) groups is 2. The monoisotopic (exact) mass is 258 g/mol. The maximum Gasteiger partial charge on any atom is 0.326 e. The molecule has 18 heavy (non-hydrogen) atoms. The molecule has 1 saturated heterocycles. The molecular formula is C12H22N2O4. The van der Waals surface area contributed by atoms with E-state index in [0.29, 0.717) is 13.0 Å². The van der Waals surface area contributed by atoms with Crippen molar-refractivity contribution in [3.8, 4) is 0 Å².